The number of ether oxygens (including phenoxy) is 4. The number of aliphatic hydroxyl groups is 5. The standard InChI is InChI=1S/C40H58N2O9/c1-42(21-28-9-5-6-16-41-28)17-7-3-2-4-8-24-10-11-26-20-32-27(19-31(24)26)13-12-25-18-29(14-15-30(25)32)50-39-38(47)36(45)34(23-49-39)51-40-37(46)35(44)33(43)22-48-40/h5-6,9,14-16,18,24,26-27,31-40,43-47H,2-4,7-8,10-13,17,19-23H2,1H3. The number of nitrogens with zero attached hydrogens (tertiary/aromatic N) is 2. The molecule has 1 aromatic carbocycles. The highest BCUT2D eigenvalue weighted by Gasteiger charge is 2.47. The average Bonchev–Trinajstić information content (AvgIpc) is 3.53. The van der Waals surface area contributed by atoms with E-state index in [9.17, 15) is 25.5 Å². The Kier molecular flexibility index (Phi) is 12.3. The van der Waals surface area contributed by atoms with Gasteiger partial charge in [0.15, 0.2) is 6.29 Å². The predicted molar refractivity (Wildman–Crippen MR) is 189 cm³/mol. The Labute approximate surface area is 301 Å². The van der Waals surface area contributed by atoms with Gasteiger partial charge in [0, 0.05) is 12.7 Å². The summed E-state index contributed by atoms with van der Waals surface area (Å²) in [5.74, 6) is 4.54. The van der Waals surface area contributed by atoms with E-state index in [0.29, 0.717) is 11.7 Å². The van der Waals surface area contributed by atoms with E-state index in [1.807, 2.05) is 18.3 Å². The number of aryl methyl sites for hydroxylation is 1. The van der Waals surface area contributed by atoms with Crippen LogP contribution in [0.4, 0.5) is 0 Å². The summed E-state index contributed by atoms with van der Waals surface area (Å²) in [4.78, 5) is 6.83. The van der Waals surface area contributed by atoms with Crippen molar-refractivity contribution in [3.8, 4) is 5.75 Å². The molecule has 1 aromatic heterocycles. The summed E-state index contributed by atoms with van der Waals surface area (Å²) in [7, 11) is 2.20. The van der Waals surface area contributed by atoms with Gasteiger partial charge in [0.1, 0.15) is 42.4 Å². The Hall–Kier alpha value is -2.19. The van der Waals surface area contributed by atoms with E-state index in [1.165, 1.54) is 75.3 Å². The van der Waals surface area contributed by atoms with Crippen LogP contribution >= 0.6 is 0 Å². The van der Waals surface area contributed by atoms with Crippen molar-refractivity contribution in [2.45, 2.75) is 132 Å². The molecule has 2 aromatic rings. The first-order valence-electron chi connectivity index (χ1n) is 19.4. The van der Waals surface area contributed by atoms with Crippen LogP contribution in [0.1, 0.15) is 86.9 Å². The third-order valence-electron chi connectivity index (χ3n) is 12.6. The van der Waals surface area contributed by atoms with Crippen LogP contribution in [0, 0.1) is 23.7 Å². The highest BCUT2D eigenvalue weighted by atomic mass is 16.7. The topological polar surface area (TPSA) is 154 Å². The minimum Gasteiger partial charge on any atom is -0.462 e. The summed E-state index contributed by atoms with van der Waals surface area (Å²) < 4.78 is 22.7. The van der Waals surface area contributed by atoms with Crippen LogP contribution in [0.5, 0.6) is 5.75 Å². The van der Waals surface area contributed by atoms with Crippen LogP contribution in [0.3, 0.4) is 0 Å². The van der Waals surface area contributed by atoms with Gasteiger partial charge in [-0.3, -0.25) is 4.98 Å². The van der Waals surface area contributed by atoms with Gasteiger partial charge < -0.3 is 49.4 Å². The van der Waals surface area contributed by atoms with Gasteiger partial charge in [0.2, 0.25) is 6.29 Å². The molecule has 2 saturated carbocycles. The summed E-state index contributed by atoms with van der Waals surface area (Å²) in [6, 6.07) is 12.4. The number of fused-ring (bicyclic) bond motifs is 4. The molecule has 51 heavy (non-hydrogen) atoms. The third-order valence-corrected chi connectivity index (χ3v) is 12.6. The van der Waals surface area contributed by atoms with Gasteiger partial charge in [-0.25, -0.2) is 0 Å². The van der Waals surface area contributed by atoms with Gasteiger partial charge in [-0.15, -0.1) is 0 Å². The molecule has 2 saturated heterocycles. The molecule has 282 valence electrons. The molecule has 13 atom stereocenters. The zero-order valence-corrected chi connectivity index (χ0v) is 29.9. The Bertz CT molecular complexity index is 1400. The Morgan fingerprint density at radius 3 is 2.49 bits per heavy atom. The van der Waals surface area contributed by atoms with Gasteiger partial charge in [0.25, 0.3) is 0 Å². The molecular weight excluding hydrogens is 652 g/mol. The smallest absolute Gasteiger partial charge is 0.228 e. The summed E-state index contributed by atoms with van der Waals surface area (Å²) >= 11 is 0. The lowest BCUT2D eigenvalue weighted by Crippen LogP contribution is -2.60. The summed E-state index contributed by atoms with van der Waals surface area (Å²) in [5.41, 5.74) is 3.90. The van der Waals surface area contributed by atoms with E-state index >= 15 is 0 Å². The van der Waals surface area contributed by atoms with Crippen molar-refractivity contribution < 1.29 is 44.5 Å². The molecule has 4 fully saturated rings. The second kappa shape index (κ2) is 16.9. The summed E-state index contributed by atoms with van der Waals surface area (Å²) in [5, 5.41) is 51.4. The van der Waals surface area contributed by atoms with Crippen LogP contribution in [-0.4, -0.2) is 111 Å². The van der Waals surface area contributed by atoms with E-state index in [0.717, 1.165) is 48.9 Å². The molecule has 7 rings (SSSR count). The first-order valence-corrected chi connectivity index (χ1v) is 19.4. The quantitative estimate of drug-likeness (QED) is 0.194. The number of hydrogen-bond acceptors (Lipinski definition) is 11. The minimum absolute atomic E-state index is 0.114. The highest BCUT2D eigenvalue weighted by Crippen LogP contribution is 2.56. The maximum atomic E-state index is 10.8. The number of hydrogen-bond donors (Lipinski definition) is 5. The fraction of sp³-hybridized carbons (Fsp3) is 0.725. The Balaban J connectivity index is 0.850. The molecular formula is C40H58N2O9. The van der Waals surface area contributed by atoms with Crippen molar-refractivity contribution in [1.82, 2.24) is 9.88 Å². The van der Waals surface area contributed by atoms with Crippen LogP contribution in [-0.2, 0) is 27.2 Å². The van der Waals surface area contributed by atoms with Crippen LogP contribution in [0.15, 0.2) is 42.6 Å². The SMILES string of the molecule is CN(CCCCCCC1CCC2CC3c4ccc(OC5OCC(OC6OCC(O)C(O)C6O)C(O)C5O)cc4CCC3CC12)Cc1ccccn1. The molecule has 5 aliphatic rings. The van der Waals surface area contributed by atoms with E-state index in [-0.39, 0.29) is 13.2 Å². The number of aromatic nitrogens is 1. The lowest BCUT2D eigenvalue weighted by molar-refractivity contribution is -0.320. The number of rotatable bonds is 13. The molecule has 3 aliphatic carbocycles. The first kappa shape index (κ1) is 37.1. The van der Waals surface area contributed by atoms with Crippen molar-refractivity contribution in [2.75, 3.05) is 26.8 Å². The van der Waals surface area contributed by atoms with Crippen LogP contribution in [0.25, 0.3) is 0 Å². The molecule has 11 nitrogen and oxygen atoms in total. The maximum absolute atomic E-state index is 10.8. The van der Waals surface area contributed by atoms with Gasteiger partial charge in [-0.1, -0.05) is 37.8 Å². The zero-order valence-electron chi connectivity index (χ0n) is 29.9. The Morgan fingerprint density at radius 2 is 1.65 bits per heavy atom. The van der Waals surface area contributed by atoms with E-state index < -0.39 is 49.2 Å². The largest absolute Gasteiger partial charge is 0.462 e. The van der Waals surface area contributed by atoms with Gasteiger partial charge in [0.05, 0.1) is 18.9 Å². The van der Waals surface area contributed by atoms with Crippen LogP contribution in [0.2, 0.25) is 0 Å². The molecule has 0 amide bonds. The normalized spacial score (nSPS) is 37.8. The second-order valence-corrected chi connectivity index (χ2v) is 16.0. The van der Waals surface area contributed by atoms with E-state index in [2.05, 4.69) is 41.2 Å². The number of aliphatic hydroxyl groups excluding tert-OH is 5. The summed E-state index contributed by atoms with van der Waals surface area (Å²) in [6.45, 7) is 1.71. The highest BCUT2D eigenvalue weighted by molar-refractivity contribution is 5.40. The van der Waals surface area contributed by atoms with Crippen molar-refractivity contribution in [3.05, 3.63) is 59.4 Å². The molecule has 3 heterocycles. The fourth-order valence-electron chi connectivity index (χ4n) is 9.77. The molecule has 0 radical (unpaired) electrons. The third kappa shape index (κ3) is 8.63. The average molecular weight is 711 g/mol. The minimum atomic E-state index is -1.51. The van der Waals surface area contributed by atoms with Gasteiger partial charge in [-0.2, -0.15) is 0 Å². The number of unbranched alkanes of at least 4 members (excludes halogenated alkanes) is 3. The van der Waals surface area contributed by atoms with Crippen molar-refractivity contribution >= 4 is 0 Å². The maximum Gasteiger partial charge on any atom is 0.228 e. The summed E-state index contributed by atoms with van der Waals surface area (Å²) in [6.07, 6.45) is 5.78. The van der Waals surface area contributed by atoms with Crippen molar-refractivity contribution in [3.63, 3.8) is 0 Å². The van der Waals surface area contributed by atoms with Crippen molar-refractivity contribution in [2.24, 2.45) is 23.7 Å². The van der Waals surface area contributed by atoms with Crippen molar-refractivity contribution in [1.29, 1.82) is 0 Å². The Morgan fingerprint density at radius 1 is 0.824 bits per heavy atom. The molecule has 0 spiro atoms. The number of benzene rings is 1. The monoisotopic (exact) mass is 710 g/mol. The first-order chi connectivity index (χ1) is 24.7. The van der Waals surface area contributed by atoms with E-state index in [4.69, 9.17) is 18.9 Å². The zero-order chi connectivity index (χ0) is 35.5. The lowest BCUT2D eigenvalue weighted by atomic mass is 9.61. The van der Waals surface area contributed by atoms with Gasteiger partial charge >= 0.3 is 0 Å². The predicted octanol–water partition coefficient (Wildman–Crippen LogP) is 3.53. The van der Waals surface area contributed by atoms with Gasteiger partial charge in [-0.05, 0) is 124 Å². The lowest BCUT2D eigenvalue weighted by Gasteiger charge is -2.44. The molecule has 5 N–H and O–H groups in total. The van der Waals surface area contributed by atoms with E-state index in [1.54, 1.807) is 0 Å². The second-order valence-electron chi connectivity index (χ2n) is 16.0. The molecule has 2 aliphatic heterocycles. The molecule has 0 bridgehead atoms. The molecule has 11 heteroatoms. The van der Waals surface area contributed by atoms with Crippen LogP contribution < -0.4 is 4.74 Å². The number of pyridine rings is 1. The molecule has 13 unspecified atom stereocenters. The fourth-order valence-corrected chi connectivity index (χ4v) is 9.77.